The van der Waals surface area contributed by atoms with Crippen molar-refractivity contribution in [2.75, 3.05) is 18.4 Å². The number of ether oxygens (including phenoxy) is 2. The lowest BCUT2D eigenvalue weighted by Crippen LogP contribution is -2.34. The number of rotatable bonds is 7. The number of hydrogen-bond donors (Lipinski definition) is 3. The Kier molecular flexibility index (Phi) is 7.85. The average Bonchev–Trinajstić information content (AvgIpc) is 2.48. The summed E-state index contributed by atoms with van der Waals surface area (Å²) >= 11 is 6.17. The summed E-state index contributed by atoms with van der Waals surface area (Å²) in [6.45, 7) is 6.44. The maximum Gasteiger partial charge on any atom is 0.409 e. The van der Waals surface area contributed by atoms with Gasteiger partial charge in [0.25, 0.3) is 0 Å². The summed E-state index contributed by atoms with van der Waals surface area (Å²) in [6, 6.07) is 3.20. The van der Waals surface area contributed by atoms with E-state index in [-0.39, 0.29) is 25.4 Å². The number of carbonyl (C=O) groups excluding carboxylic acids is 2. The third-order valence-electron chi connectivity index (χ3n) is 3.01. The van der Waals surface area contributed by atoms with Crippen LogP contribution in [0.3, 0.4) is 0 Å². The Morgan fingerprint density at radius 3 is 2.35 bits per heavy atom. The fourth-order valence-corrected chi connectivity index (χ4v) is 2.18. The zero-order valence-corrected chi connectivity index (χ0v) is 15.9. The second kappa shape index (κ2) is 9.40. The fourth-order valence-electron chi connectivity index (χ4n) is 1.96. The van der Waals surface area contributed by atoms with Crippen molar-refractivity contribution in [1.29, 1.82) is 0 Å². The van der Waals surface area contributed by atoms with Gasteiger partial charge >= 0.3 is 18.0 Å². The number of benzene rings is 1. The fraction of sp³-hybridized carbons (Fsp3) is 0.471. The van der Waals surface area contributed by atoms with Crippen LogP contribution in [-0.4, -0.2) is 41.8 Å². The number of aryl methyl sites for hydroxylation is 1. The van der Waals surface area contributed by atoms with E-state index >= 15 is 0 Å². The SMILES string of the molecule is Cc1ccc(NC(=O)O)c(COC(=O)CNCC(=O)OC(C)(C)C)c1Cl. The normalized spacial score (nSPS) is 11.0. The van der Waals surface area contributed by atoms with Crippen molar-refractivity contribution in [3.63, 3.8) is 0 Å². The summed E-state index contributed by atoms with van der Waals surface area (Å²) in [4.78, 5) is 34.2. The topological polar surface area (TPSA) is 114 Å². The summed E-state index contributed by atoms with van der Waals surface area (Å²) < 4.78 is 10.2. The van der Waals surface area contributed by atoms with Crippen LogP contribution in [0.1, 0.15) is 31.9 Å². The molecule has 0 aliphatic rings. The van der Waals surface area contributed by atoms with Gasteiger partial charge in [-0.15, -0.1) is 0 Å². The van der Waals surface area contributed by atoms with Crippen LogP contribution in [0.5, 0.6) is 0 Å². The highest BCUT2D eigenvalue weighted by Crippen LogP contribution is 2.28. The lowest BCUT2D eigenvalue weighted by atomic mass is 10.1. The molecule has 0 atom stereocenters. The molecule has 0 bridgehead atoms. The Hall–Kier alpha value is -2.32. The molecule has 0 radical (unpaired) electrons. The van der Waals surface area contributed by atoms with E-state index in [1.165, 1.54) is 0 Å². The predicted octanol–water partition coefficient (Wildman–Crippen LogP) is 2.71. The molecular formula is C17H23ClN2O6. The Bertz CT molecular complexity index is 685. The Balaban J connectivity index is 2.56. The highest BCUT2D eigenvalue weighted by Gasteiger charge is 2.17. The molecule has 0 fully saturated rings. The molecule has 1 rings (SSSR count). The molecule has 1 amide bonds. The molecule has 0 unspecified atom stereocenters. The van der Waals surface area contributed by atoms with Crippen molar-refractivity contribution in [2.45, 2.75) is 39.9 Å². The van der Waals surface area contributed by atoms with Gasteiger partial charge in [0.15, 0.2) is 0 Å². The van der Waals surface area contributed by atoms with Gasteiger partial charge in [0.1, 0.15) is 12.2 Å². The van der Waals surface area contributed by atoms with Gasteiger partial charge in [0.2, 0.25) is 0 Å². The Morgan fingerprint density at radius 2 is 1.77 bits per heavy atom. The van der Waals surface area contributed by atoms with Gasteiger partial charge in [-0.05, 0) is 39.3 Å². The average molecular weight is 387 g/mol. The number of esters is 2. The minimum absolute atomic E-state index is 0.136. The molecule has 26 heavy (non-hydrogen) atoms. The number of hydrogen-bond acceptors (Lipinski definition) is 6. The predicted molar refractivity (Wildman–Crippen MR) is 96.3 cm³/mol. The van der Waals surface area contributed by atoms with Gasteiger partial charge in [-0.2, -0.15) is 0 Å². The molecule has 144 valence electrons. The third kappa shape index (κ3) is 7.71. The van der Waals surface area contributed by atoms with E-state index in [1.54, 1.807) is 39.8 Å². The summed E-state index contributed by atoms with van der Waals surface area (Å²) in [6.07, 6.45) is -1.25. The quantitative estimate of drug-likeness (QED) is 0.617. The molecule has 0 spiro atoms. The molecule has 1 aromatic carbocycles. The van der Waals surface area contributed by atoms with Crippen molar-refractivity contribution >= 4 is 35.3 Å². The maximum absolute atomic E-state index is 11.8. The molecular weight excluding hydrogens is 364 g/mol. The van der Waals surface area contributed by atoms with Crippen molar-refractivity contribution in [2.24, 2.45) is 0 Å². The van der Waals surface area contributed by atoms with Crippen LogP contribution in [0.15, 0.2) is 12.1 Å². The number of nitrogens with one attached hydrogen (secondary N) is 2. The molecule has 1 aromatic rings. The molecule has 3 N–H and O–H groups in total. The first-order valence-electron chi connectivity index (χ1n) is 7.85. The van der Waals surface area contributed by atoms with E-state index in [1.807, 2.05) is 0 Å². The van der Waals surface area contributed by atoms with Crippen LogP contribution in [0, 0.1) is 6.92 Å². The summed E-state index contributed by atoms with van der Waals surface area (Å²) in [7, 11) is 0. The van der Waals surface area contributed by atoms with Crippen LogP contribution in [0.25, 0.3) is 0 Å². The van der Waals surface area contributed by atoms with Gasteiger partial charge in [-0.1, -0.05) is 17.7 Å². The van der Waals surface area contributed by atoms with E-state index in [0.29, 0.717) is 10.6 Å². The van der Waals surface area contributed by atoms with Crippen LogP contribution >= 0.6 is 11.6 Å². The largest absolute Gasteiger partial charge is 0.465 e. The van der Waals surface area contributed by atoms with Crippen molar-refractivity contribution < 1.29 is 29.0 Å². The number of carbonyl (C=O) groups is 3. The minimum atomic E-state index is -1.25. The molecule has 0 aliphatic carbocycles. The first kappa shape index (κ1) is 21.7. The molecule has 0 saturated carbocycles. The van der Waals surface area contributed by atoms with E-state index in [2.05, 4.69) is 10.6 Å². The van der Waals surface area contributed by atoms with E-state index in [0.717, 1.165) is 5.56 Å². The molecule has 8 nitrogen and oxygen atoms in total. The molecule has 9 heteroatoms. The van der Waals surface area contributed by atoms with Crippen LogP contribution in [0.2, 0.25) is 5.02 Å². The smallest absolute Gasteiger partial charge is 0.409 e. The van der Waals surface area contributed by atoms with Gasteiger partial charge < -0.3 is 14.6 Å². The number of carboxylic acid groups (broad SMARTS) is 1. The monoisotopic (exact) mass is 386 g/mol. The Labute approximate surface area is 156 Å². The van der Waals surface area contributed by atoms with Crippen LogP contribution in [0.4, 0.5) is 10.5 Å². The molecule has 0 aromatic heterocycles. The summed E-state index contributed by atoms with van der Waals surface area (Å²) in [5, 5.41) is 14.0. The lowest BCUT2D eigenvalue weighted by Gasteiger charge is -2.19. The number of amides is 1. The van der Waals surface area contributed by atoms with Gasteiger partial charge in [0.05, 0.1) is 23.8 Å². The van der Waals surface area contributed by atoms with Crippen molar-refractivity contribution in [3.05, 3.63) is 28.3 Å². The van der Waals surface area contributed by atoms with Gasteiger partial charge in [0, 0.05) is 5.56 Å². The summed E-state index contributed by atoms with van der Waals surface area (Å²) in [5.74, 6) is -1.10. The van der Waals surface area contributed by atoms with E-state index in [9.17, 15) is 14.4 Å². The zero-order chi connectivity index (χ0) is 19.9. The zero-order valence-electron chi connectivity index (χ0n) is 15.1. The van der Waals surface area contributed by atoms with E-state index < -0.39 is 23.6 Å². The van der Waals surface area contributed by atoms with Crippen molar-refractivity contribution in [3.8, 4) is 0 Å². The first-order chi connectivity index (χ1) is 12.0. The number of anilines is 1. The second-order valence-corrected chi connectivity index (χ2v) is 6.88. The highest BCUT2D eigenvalue weighted by atomic mass is 35.5. The van der Waals surface area contributed by atoms with E-state index in [4.69, 9.17) is 26.2 Å². The minimum Gasteiger partial charge on any atom is -0.465 e. The maximum atomic E-state index is 11.8. The van der Waals surface area contributed by atoms with Crippen LogP contribution < -0.4 is 10.6 Å². The standard InChI is InChI=1S/C17H23ClN2O6/c1-10-5-6-12(20-16(23)24)11(15(10)18)9-25-13(21)7-19-8-14(22)26-17(2,3)4/h5-6,19-20H,7-9H2,1-4H3,(H,23,24). The van der Waals surface area contributed by atoms with Crippen molar-refractivity contribution in [1.82, 2.24) is 5.32 Å². The molecule has 0 saturated heterocycles. The molecule has 0 aliphatic heterocycles. The lowest BCUT2D eigenvalue weighted by molar-refractivity contribution is -0.153. The van der Waals surface area contributed by atoms with Gasteiger partial charge in [-0.25, -0.2) is 4.79 Å². The highest BCUT2D eigenvalue weighted by molar-refractivity contribution is 6.32. The first-order valence-corrected chi connectivity index (χ1v) is 8.23. The summed E-state index contributed by atoms with van der Waals surface area (Å²) in [5.41, 5.74) is 0.711. The second-order valence-electron chi connectivity index (χ2n) is 6.50. The number of halogens is 1. The Morgan fingerprint density at radius 1 is 1.15 bits per heavy atom. The molecule has 0 heterocycles. The van der Waals surface area contributed by atoms with Crippen LogP contribution in [-0.2, 0) is 25.7 Å². The third-order valence-corrected chi connectivity index (χ3v) is 3.54. The van der Waals surface area contributed by atoms with Gasteiger partial charge in [-0.3, -0.25) is 20.2 Å².